The number of carboxylic acids is 1. The van der Waals surface area contributed by atoms with Gasteiger partial charge in [0, 0.05) is 25.4 Å². The lowest BCUT2D eigenvalue weighted by Crippen LogP contribution is -2.58. The zero-order valence-electron chi connectivity index (χ0n) is 12.2. The maximum absolute atomic E-state index is 11.9. The highest BCUT2D eigenvalue weighted by atomic mass is 16.4. The predicted octanol–water partition coefficient (Wildman–Crippen LogP) is 1.28. The van der Waals surface area contributed by atoms with E-state index in [9.17, 15) is 14.7 Å². The van der Waals surface area contributed by atoms with E-state index in [1.54, 1.807) is 12.4 Å². The van der Waals surface area contributed by atoms with Gasteiger partial charge in [-0.05, 0) is 31.6 Å². The van der Waals surface area contributed by atoms with Gasteiger partial charge in [0.1, 0.15) is 11.4 Å². The molecule has 1 heterocycles. The molecule has 0 spiro atoms. The lowest BCUT2D eigenvalue weighted by molar-refractivity contribution is -0.146. The summed E-state index contributed by atoms with van der Waals surface area (Å²) in [5.41, 5.74) is -1.12. The lowest BCUT2D eigenvalue weighted by atomic mass is 9.77. The molecule has 2 amide bonds. The summed E-state index contributed by atoms with van der Waals surface area (Å²) in [6.07, 6.45) is 6.55. The van der Waals surface area contributed by atoms with E-state index in [1.807, 2.05) is 0 Å². The summed E-state index contributed by atoms with van der Waals surface area (Å²) in [4.78, 5) is 30.4. The van der Waals surface area contributed by atoms with Crippen LogP contribution in [-0.2, 0) is 11.2 Å². The van der Waals surface area contributed by atoms with Gasteiger partial charge in [-0.2, -0.15) is 0 Å². The smallest absolute Gasteiger partial charge is 0.329 e. The predicted molar refractivity (Wildman–Crippen MR) is 76.8 cm³/mol. The van der Waals surface area contributed by atoms with Gasteiger partial charge in [0.2, 0.25) is 0 Å². The molecule has 116 valence electrons. The number of hydrogen-bond acceptors (Lipinski definition) is 3. The Hall–Kier alpha value is -2.05. The summed E-state index contributed by atoms with van der Waals surface area (Å²) in [7, 11) is 0. The summed E-state index contributed by atoms with van der Waals surface area (Å²) in [6.45, 7) is 2.51. The first-order valence-electron chi connectivity index (χ1n) is 7.29. The van der Waals surface area contributed by atoms with Crippen molar-refractivity contribution in [1.82, 2.24) is 20.6 Å². The molecule has 21 heavy (non-hydrogen) atoms. The van der Waals surface area contributed by atoms with E-state index in [-0.39, 0.29) is 0 Å². The van der Waals surface area contributed by atoms with Crippen LogP contribution >= 0.6 is 0 Å². The highest BCUT2D eigenvalue weighted by Crippen LogP contribution is 2.32. The summed E-state index contributed by atoms with van der Waals surface area (Å²) in [5.74, 6) is 0.353. The van der Waals surface area contributed by atoms with Crippen LogP contribution in [0.25, 0.3) is 0 Å². The summed E-state index contributed by atoms with van der Waals surface area (Å²) in [6, 6.07) is -0.432. The Morgan fingerprint density at radius 1 is 1.48 bits per heavy atom. The van der Waals surface area contributed by atoms with Crippen LogP contribution in [0.5, 0.6) is 0 Å². The van der Waals surface area contributed by atoms with Crippen LogP contribution in [0.3, 0.4) is 0 Å². The molecule has 0 radical (unpaired) electrons. The van der Waals surface area contributed by atoms with Gasteiger partial charge in [0.25, 0.3) is 0 Å². The molecule has 2 rings (SSSR count). The van der Waals surface area contributed by atoms with E-state index >= 15 is 0 Å². The molecule has 0 atom stereocenters. The van der Waals surface area contributed by atoms with Crippen LogP contribution < -0.4 is 10.6 Å². The molecule has 1 saturated carbocycles. The highest BCUT2D eigenvalue weighted by Gasteiger charge is 2.42. The van der Waals surface area contributed by atoms with Crippen molar-refractivity contribution in [3.05, 3.63) is 18.2 Å². The van der Waals surface area contributed by atoms with Crippen molar-refractivity contribution in [2.75, 3.05) is 6.54 Å². The third-order valence-corrected chi connectivity index (χ3v) is 4.09. The minimum Gasteiger partial charge on any atom is -0.480 e. The van der Waals surface area contributed by atoms with Crippen molar-refractivity contribution in [2.45, 2.75) is 44.6 Å². The Morgan fingerprint density at radius 2 is 2.19 bits per heavy atom. The van der Waals surface area contributed by atoms with Gasteiger partial charge in [-0.25, -0.2) is 14.6 Å². The Kier molecular flexibility index (Phi) is 4.82. The van der Waals surface area contributed by atoms with E-state index in [4.69, 9.17) is 0 Å². The molecule has 7 heteroatoms. The van der Waals surface area contributed by atoms with E-state index in [0.29, 0.717) is 31.7 Å². The van der Waals surface area contributed by atoms with Gasteiger partial charge in [-0.3, -0.25) is 0 Å². The van der Waals surface area contributed by atoms with Gasteiger partial charge in [-0.15, -0.1) is 0 Å². The molecule has 7 nitrogen and oxygen atoms in total. The second kappa shape index (κ2) is 6.60. The molecule has 0 saturated heterocycles. The van der Waals surface area contributed by atoms with E-state index in [0.717, 1.165) is 18.7 Å². The van der Waals surface area contributed by atoms with Gasteiger partial charge in [0.05, 0.1) is 0 Å². The largest absolute Gasteiger partial charge is 0.480 e. The molecular weight excluding hydrogens is 272 g/mol. The third kappa shape index (κ3) is 3.96. The summed E-state index contributed by atoms with van der Waals surface area (Å²) >= 11 is 0. The van der Waals surface area contributed by atoms with Crippen LogP contribution in [-0.4, -0.2) is 39.2 Å². The fourth-order valence-corrected chi connectivity index (χ4v) is 2.64. The van der Waals surface area contributed by atoms with Crippen LogP contribution in [0, 0.1) is 5.92 Å². The number of aromatic nitrogens is 2. The number of hydrogen-bond donors (Lipinski definition) is 4. The number of rotatable bonds is 5. The lowest BCUT2D eigenvalue weighted by Gasteiger charge is -2.36. The first-order chi connectivity index (χ1) is 10.0. The molecule has 0 bridgehead atoms. The molecule has 1 aromatic rings. The quantitative estimate of drug-likeness (QED) is 0.656. The Morgan fingerprint density at radius 3 is 2.76 bits per heavy atom. The second-order valence-corrected chi connectivity index (χ2v) is 5.74. The van der Waals surface area contributed by atoms with Crippen molar-refractivity contribution >= 4 is 12.0 Å². The monoisotopic (exact) mass is 294 g/mol. The maximum atomic E-state index is 11.9. The first-order valence-corrected chi connectivity index (χ1v) is 7.29. The van der Waals surface area contributed by atoms with Crippen molar-refractivity contribution in [2.24, 2.45) is 5.92 Å². The number of carbonyl (C=O) groups is 2. The van der Waals surface area contributed by atoms with E-state index in [1.165, 1.54) is 0 Å². The summed E-state index contributed by atoms with van der Waals surface area (Å²) < 4.78 is 0. The topological polar surface area (TPSA) is 107 Å². The van der Waals surface area contributed by atoms with Crippen molar-refractivity contribution in [1.29, 1.82) is 0 Å². The number of imidazole rings is 1. The minimum atomic E-state index is -1.12. The van der Waals surface area contributed by atoms with Crippen LogP contribution in [0.15, 0.2) is 12.4 Å². The van der Waals surface area contributed by atoms with Crippen LogP contribution in [0.4, 0.5) is 4.79 Å². The molecule has 4 N–H and O–H groups in total. The molecule has 1 aliphatic carbocycles. The van der Waals surface area contributed by atoms with Crippen LogP contribution in [0.2, 0.25) is 0 Å². The van der Waals surface area contributed by atoms with Gasteiger partial charge < -0.3 is 20.7 Å². The number of carboxylic acid groups (broad SMARTS) is 1. The Labute approximate surface area is 123 Å². The van der Waals surface area contributed by atoms with Crippen molar-refractivity contribution in [3.63, 3.8) is 0 Å². The summed E-state index contributed by atoms with van der Waals surface area (Å²) in [5, 5.41) is 14.8. The molecule has 1 fully saturated rings. The average Bonchev–Trinajstić information content (AvgIpc) is 2.94. The average molecular weight is 294 g/mol. The molecule has 0 aliphatic heterocycles. The minimum absolute atomic E-state index is 0.408. The highest BCUT2D eigenvalue weighted by molar-refractivity contribution is 5.86. The zero-order chi connectivity index (χ0) is 15.3. The van der Waals surface area contributed by atoms with E-state index < -0.39 is 17.5 Å². The Balaban J connectivity index is 1.82. The number of carbonyl (C=O) groups excluding carboxylic acids is 1. The van der Waals surface area contributed by atoms with Crippen LogP contribution in [0.1, 0.15) is 38.4 Å². The molecule has 1 aromatic heterocycles. The molecule has 0 aromatic carbocycles. The number of nitrogens with zero attached hydrogens (tertiary/aromatic N) is 1. The maximum Gasteiger partial charge on any atom is 0.329 e. The number of amides is 2. The normalized spacial score (nSPS) is 25.3. The SMILES string of the molecule is CC1CCC(NC(=O)NCCc2ncc[nH]2)(C(=O)O)CC1. The molecule has 0 unspecified atom stereocenters. The Bertz CT molecular complexity index is 478. The molecule has 1 aliphatic rings. The fourth-order valence-electron chi connectivity index (χ4n) is 2.64. The van der Waals surface area contributed by atoms with Crippen molar-refractivity contribution < 1.29 is 14.7 Å². The van der Waals surface area contributed by atoms with Crippen molar-refractivity contribution in [3.8, 4) is 0 Å². The fraction of sp³-hybridized carbons (Fsp3) is 0.643. The number of H-pyrrole nitrogens is 1. The third-order valence-electron chi connectivity index (χ3n) is 4.09. The number of urea groups is 1. The van der Waals surface area contributed by atoms with E-state index in [2.05, 4.69) is 27.5 Å². The standard InChI is InChI=1S/C14H22N4O3/c1-10-2-5-14(6-3-10,12(19)20)18-13(21)17-7-4-11-15-8-9-16-11/h8-10H,2-7H2,1H3,(H,15,16)(H,19,20)(H2,17,18,21). The number of aliphatic carboxylic acids is 1. The first kappa shape index (κ1) is 15.3. The van der Waals surface area contributed by atoms with Gasteiger partial charge >= 0.3 is 12.0 Å². The van der Waals surface area contributed by atoms with Gasteiger partial charge in [-0.1, -0.05) is 6.92 Å². The van der Waals surface area contributed by atoms with Gasteiger partial charge in [0.15, 0.2) is 0 Å². The molecular formula is C14H22N4O3. The number of aromatic amines is 1. The second-order valence-electron chi connectivity index (χ2n) is 5.74. The number of nitrogens with one attached hydrogen (secondary N) is 3. The zero-order valence-corrected chi connectivity index (χ0v) is 12.2.